The number of carboxylic acids is 1. The zero-order valence-electron chi connectivity index (χ0n) is 11.3. The van der Waals surface area contributed by atoms with E-state index in [0.717, 1.165) is 11.8 Å². The van der Waals surface area contributed by atoms with Crippen molar-refractivity contribution in [2.24, 2.45) is 0 Å². The number of carbonyl (C=O) groups is 1. The number of nitrogens with zero attached hydrogens (tertiary/aromatic N) is 3. The van der Waals surface area contributed by atoms with E-state index in [0.29, 0.717) is 17.4 Å². The summed E-state index contributed by atoms with van der Waals surface area (Å²) in [6, 6.07) is -0.191. The van der Waals surface area contributed by atoms with Crippen molar-refractivity contribution in [1.82, 2.24) is 14.8 Å². The van der Waals surface area contributed by atoms with Gasteiger partial charge in [-0.1, -0.05) is 25.6 Å². The third-order valence-electron chi connectivity index (χ3n) is 3.11. The quantitative estimate of drug-likeness (QED) is 0.806. The monoisotopic (exact) mass is 319 g/mol. The van der Waals surface area contributed by atoms with Gasteiger partial charge in [-0.2, -0.15) is 0 Å². The molecule has 0 aliphatic carbocycles. The highest BCUT2D eigenvalue weighted by Gasteiger charge is 2.33. The smallest absolute Gasteiger partial charge is 0.313 e. The molecule has 1 fully saturated rings. The summed E-state index contributed by atoms with van der Waals surface area (Å²) in [6.07, 6.45) is 0.528. The van der Waals surface area contributed by atoms with Gasteiger partial charge in [-0.25, -0.2) is 8.42 Å². The molecule has 0 spiro atoms. The summed E-state index contributed by atoms with van der Waals surface area (Å²) in [5.74, 6) is -0.00278. The standard InChI is InChI=1S/C11H17N3O4S2/c1-7(2)10-12-13-11(19-5-9(15)16)14(10)8-3-4-20(17,18)6-8/h7-8H,3-6H2,1-2H3,(H,15,16). The lowest BCUT2D eigenvalue weighted by Crippen LogP contribution is -2.16. The largest absolute Gasteiger partial charge is 0.481 e. The molecule has 112 valence electrons. The van der Waals surface area contributed by atoms with Gasteiger partial charge < -0.3 is 9.67 Å². The highest BCUT2D eigenvalue weighted by Crippen LogP contribution is 2.31. The fourth-order valence-electron chi connectivity index (χ4n) is 2.23. The van der Waals surface area contributed by atoms with E-state index < -0.39 is 15.8 Å². The minimum Gasteiger partial charge on any atom is -0.481 e. The first-order valence-electron chi connectivity index (χ1n) is 6.30. The van der Waals surface area contributed by atoms with Crippen LogP contribution < -0.4 is 0 Å². The first-order chi connectivity index (χ1) is 9.30. The second-order valence-electron chi connectivity index (χ2n) is 5.10. The van der Waals surface area contributed by atoms with Crippen LogP contribution in [0.4, 0.5) is 0 Å². The Labute approximate surface area is 121 Å². The maximum atomic E-state index is 11.6. The topological polar surface area (TPSA) is 102 Å². The van der Waals surface area contributed by atoms with Gasteiger partial charge in [0.25, 0.3) is 0 Å². The number of hydrogen-bond acceptors (Lipinski definition) is 6. The predicted octanol–water partition coefficient (Wildman–Crippen LogP) is 0.938. The summed E-state index contributed by atoms with van der Waals surface area (Å²) < 4.78 is 25.1. The molecule has 2 rings (SSSR count). The Morgan fingerprint density at radius 1 is 1.50 bits per heavy atom. The summed E-state index contributed by atoms with van der Waals surface area (Å²) >= 11 is 1.08. The first-order valence-corrected chi connectivity index (χ1v) is 9.10. The number of hydrogen-bond donors (Lipinski definition) is 1. The van der Waals surface area contributed by atoms with Crippen molar-refractivity contribution in [2.45, 2.75) is 37.4 Å². The Balaban J connectivity index is 2.32. The van der Waals surface area contributed by atoms with Gasteiger partial charge in [0.15, 0.2) is 15.0 Å². The number of rotatable bonds is 5. The van der Waals surface area contributed by atoms with E-state index in [1.165, 1.54) is 0 Å². The molecule has 1 aliphatic rings. The minimum atomic E-state index is -3.01. The van der Waals surface area contributed by atoms with Gasteiger partial charge >= 0.3 is 5.97 Å². The molecule has 0 saturated carbocycles. The number of aliphatic carboxylic acids is 1. The molecule has 0 aromatic carbocycles. The molecule has 1 N–H and O–H groups in total. The first kappa shape index (κ1) is 15.3. The average molecular weight is 319 g/mol. The van der Waals surface area contributed by atoms with Crippen LogP contribution in [-0.4, -0.2) is 51.5 Å². The van der Waals surface area contributed by atoms with Gasteiger partial charge in [0, 0.05) is 5.92 Å². The van der Waals surface area contributed by atoms with Crippen LogP contribution >= 0.6 is 11.8 Å². The molecule has 0 radical (unpaired) electrons. The summed E-state index contributed by atoms with van der Waals surface area (Å²) in [5.41, 5.74) is 0. The molecule has 0 bridgehead atoms. The Morgan fingerprint density at radius 2 is 2.20 bits per heavy atom. The molecule has 0 amide bonds. The number of sulfone groups is 1. The lowest BCUT2D eigenvalue weighted by molar-refractivity contribution is -0.133. The fraction of sp³-hybridized carbons (Fsp3) is 0.727. The number of carboxylic acid groups (broad SMARTS) is 1. The van der Waals surface area contributed by atoms with Gasteiger partial charge in [0.1, 0.15) is 5.82 Å². The van der Waals surface area contributed by atoms with E-state index in [9.17, 15) is 13.2 Å². The van der Waals surface area contributed by atoms with Crippen molar-refractivity contribution in [1.29, 1.82) is 0 Å². The summed E-state index contributed by atoms with van der Waals surface area (Å²) in [5, 5.41) is 17.4. The molecular formula is C11H17N3O4S2. The maximum absolute atomic E-state index is 11.6. The molecule has 1 aliphatic heterocycles. The van der Waals surface area contributed by atoms with Crippen LogP contribution in [0.25, 0.3) is 0 Å². The van der Waals surface area contributed by atoms with Crippen LogP contribution in [-0.2, 0) is 14.6 Å². The van der Waals surface area contributed by atoms with Crippen LogP contribution in [0.2, 0.25) is 0 Å². The Hall–Kier alpha value is -1.09. The Kier molecular flexibility index (Phi) is 4.38. The second kappa shape index (κ2) is 5.72. The van der Waals surface area contributed by atoms with Crippen molar-refractivity contribution >= 4 is 27.6 Å². The van der Waals surface area contributed by atoms with Crippen LogP contribution in [0.3, 0.4) is 0 Å². The Bertz CT molecular complexity index is 609. The lowest BCUT2D eigenvalue weighted by Gasteiger charge is -2.17. The van der Waals surface area contributed by atoms with E-state index in [1.54, 1.807) is 0 Å². The lowest BCUT2D eigenvalue weighted by atomic mass is 10.2. The van der Waals surface area contributed by atoms with Crippen LogP contribution in [0.1, 0.15) is 38.1 Å². The molecule has 1 aromatic heterocycles. The minimum absolute atomic E-state index is 0.0748. The molecular weight excluding hydrogens is 302 g/mol. The summed E-state index contributed by atoms with van der Waals surface area (Å²) in [6.45, 7) is 3.91. The van der Waals surface area contributed by atoms with E-state index in [-0.39, 0.29) is 29.2 Å². The van der Waals surface area contributed by atoms with Crippen LogP contribution in [0.15, 0.2) is 5.16 Å². The van der Waals surface area contributed by atoms with Gasteiger partial charge in [0.2, 0.25) is 0 Å². The highest BCUT2D eigenvalue weighted by atomic mass is 32.2. The van der Waals surface area contributed by atoms with Crippen molar-refractivity contribution in [2.75, 3.05) is 17.3 Å². The summed E-state index contributed by atoms with van der Waals surface area (Å²) in [7, 11) is -3.01. The predicted molar refractivity (Wildman–Crippen MR) is 74.8 cm³/mol. The third-order valence-corrected chi connectivity index (χ3v) is 5.78. The molecule has 7 nitrogen and oxygen atoms in total. The third kappa shape index (κ3) is 3.32. The molecule has 2 heterocycles. The van der Waals surface area contributed by atoms with Gasteiger partial charge in [-0.3, -0.25) is 4.79 Å². The zero-order valence-corrected chi connectivity index (χ0v) is 12.9. The number of aromatic nitrogens is 3. The van der Waals surface area contributed by atoms with Crippen molar-refractivity contribution in [3.05, 3.63) is 5.82 Å². The second-order valence-corrected chi connectivity index (χ2v) is 8.28. The fourth-order valence-corrected chi connectivity index (χ4v) is 4.66. The van der Waals surface area contributed by atoms with Gasteiger partial charge in [0.05, 0.1) is 23.3 Å². The zero-order chi connectivity index (χ0) is 14.9. The normalized spacial score (nSPS) is 21.4. The highest BCUT2D eigenvalue weighted by molar-refractivity contribution is 7.99. The Morgan fingerprint density at radius 3 is 2.70 bits per heavy atom. The van der Waals surface area contributed by atoms with Crippen molar-refractivity contribution in [3.63, 3.8) is 0 Å². The van der Waals surface area contributed by atoms with E-state index in [4.69, 9.17) is 5.11 Å². The van der Waals surface area contributed by atoms with Gasteiger partial charge in [-0.15, -0.1) is 10.2 Å². The summed E-state index contributed by atoms with van der Waals surface area (Å²) in [4.78, 5) is 10.7. The van der Waals surface area contributed by atoms with Gasteiger partial charge in [-0.05, 0) is 6.42 Å². The van der Waals surface area contributed by atoms with Crippen molar-refractivity contribution < 1.29 is 18.3 Å². The van der Waals surface area contributed by atoms with Crippen LogP contribution in [0.5, 0.6) is 0 Å². The molecule has 20 heavy (non-hydrogen) atoms. The van der Waals surface area contributed by atoms with Crippen molar-refractivity contribution in [3.8, 4) is 0 Å². The molecule has 1 aromatic rings. The number of thioether (sulfide) groups is 1. The van der Waals surface area contributed by atoms with E-state index >= 15 is 0 Å². The molecule has 1 saturated heterocycles. The molecule has 1 atom stereocenters. The van der Waals surface area contributed by atoms with E-state index in [1.807, 2.05) is 18.4 Å². The van der Waals surface area contributed by atoms with Crippen LogP contribution in [0, 0.1) is 0 Å². The molecule has 1 unspecified atom stereocenters. The SMILES string of the molecule is CC(C)c1nnc(SCC(=O)O)n1C1CCS(=O)(=O)C1. The maximum Gasteiger partial charge on any atom is 0.313 e. The average Bonchev–Trinajstić information content (AvgIpc) is 2.89. The van der Waals surface area contributed by atoms with E-state index in [2.05, 4.69) is 10.2 Å². The molecule has 9 heteroatoms.